The molecular formula is C19H20N2O5S. The van der Waals surface area contributed by atoms with Gasteiger partial charge in [-0.1, -0.05) is 12.1 Å². The number of sulfonamides is 1. The average Bonchev–Trinajstić information content (AvgIpc) is 2.96. The van der Waals surface area contributed by atoms with Gasteiger partial charge in [0.15, 0.2) is 0 Å². The van der Waals surface area contributed by atoms with Crippen molar-refractivity contribution in [2.45, 2.75) is 31.6 Å². The largest absolute Gasteiger partial charge is 0.495 e. The van der Waals surface area contributed by atoms with E-state index in [1.54, 1.807) is 13.0 Å². The van der Waals surface area contributed by atoms with Gasteiger partial charge < -0.3 is 4.74 Å². The van der Waals surface area contributed by atoms with Crippen LogP contribution in [0.15, 0.2) is 41.3 Å². The highest BCUT2D eigenvalue weighted by Crippen LogP contribution is 2.33. The summed E-state index contributed by atoms with van der Waals surface area (Å²) in [6.07, 6.45) is 0.237. The Bertz CT molecular complexity index is 1010. The maximum atomic E-state index is 13.0. The Hall–Kier alpha value is -2.87. The van der Waals surface area contributed by atoms with E-state index in [2.05, 4.69) is 4.72 Å². The van der Waals surface area contributed by atoms with Gasteiger partial charge in [0.05, 0.1) is 18.5 Å². The highest BCUT2D eigenvalue weighted by Gasteiger charge is 2.32. The Kier molecular flexibility index (Phi) is 4.93. The van der Waals surface area contributed by atoms with E-state index in [0.29, 0.717) is 5.69 Å². The number of nitrogens with one attached hydrogen (secondary N) is 1. The van der Waals surface area contributed by atoms with E-state index in [1.165, 1.54) is 25.3 Å². The van der Waals surface area contributed by atoms with Crippen molar-refractivity contribution in [3.63, 3.8) is 0 Å². The molecule has 0 radical (unpaired) electrons. The molecule has 1 aliphatic heterocycles. The molecule has 8 heteroatoms. The van der Waals surface area contributed by atoms with Crippen molar-refractivity contribution in [3.8, 4) is 5.75 Å². The molecule has 0 spiro atoms. The second kappa shape index (κ2) is 7.03. The molecular weight excluding hydrogens is 368 g/mol. The minimum Gasteiger partial charge on any atom is -0.495 e. The summed E-state index contributed by atoms with van der Waals surface area (Å²) in [6, 6.07) is 9.66. The fraction of sp³-hybridized carbons (Fsp3) is 0.263. The highest BCUT2D eigenvalue weighted by molar-refractivity contribution is 7.92. The Labute approximate surface area is 158 Å². The smallest absolute Gasteiger partial charge is 0.265 e. The molecule has 142 valence electrons. The van der Waals surface area contributed by atoms with Crippen LogP contribution in [0.25, 0.3) is 0 Å². The van der Waals surface area contributed by atoms with E-state index in [9.17, 15) is 18.0 Å². The van der Waals surface area contributed by atoms with Crippen LogP contribution in [0.4, 0.5) is 11.4 Å². The molecule has 7 nitrogen and oxygen atoms in total. The van der Waals surface area contributed by atoms with E-state index < -0.39 is 10.0 Å². The van der Waals surface area contributed by atoms with Crippen molar-refractivity contribution in [3.05, 3.63) is 47.5 Å². The monoisotopic (exact) mass is 388 g/mol. The molecule has 3 rings (SSSR count). The zero-order valence-corrected chi connectivity index (χ0v) is 16.1. The van der Waals surface area contributed by atoms with Crippen LogP contribution in [0.2, 0.25) is 0 Å². The summed E-state index contributed by atoms with van der Waals surface area (Å²) in [4.78, 5) is 24.8. The van der Waals surface area contributed by atoms with Gasteiger partial charge in [0.1, 0.15) is 10.6 Å². The van der Waals surface area contributed by atoms with Gasteiger partial charge in [-0.05, 0) is 49.2 Å². The predicted molar refractivity (Wildman–Crippen MR) is 101 cm³/mol. The number of carbonyl (C=O) groups is 2. The third-order valence-electron chi connectivity index (χ3n) is 4.38. The van der Waals surface area contributed by atoms with Crippen molar-refractivity contribution in [1.82, 2.24) is 0 Å². The number of amides is 2. The molecule has 0 aliphatic carbocycles. The first-order valence-corrected chi connectivity index (χ1v) is 9.85. The lowest BCUT2D eigenvalue weighted by molar-refractivity contribution is -0.121. The first-order valence-electron chi connectivity index (χ1n) is 8.37. The van der Waals surface area contributed by atoms with Crippen molar-refractivity contribution in [1.29, 1.82) is 0 Å². The van der Waals surface area contributed by atoms with Gasteiger partial charge in [-0.25, -0.2) is 8.42 Å². The summed E-state index contributed by atoms with van der Waals surface area (Å²) in [5.74, 6) is -0.581. The minimum absolute atomic E-state index is 0.119. The van der Waals surface area contributed by atoms with Gasteiger partial charge >= 0.3 is 0 Å². The molecule has 1 fully saturated rings. The van der Waals surface area contributed by atoms with Crippen molar-refractivity contribution < 1.29 is 22.7 Å². The number of aryl methyl sites for hydroxylation is 2. The fourth-order valence-electron chi connectivity index (χ4n) is 2.92. The lowest BCUT2D eigenvalue weighted by Gasteiger charge is -2.18. The molecule has 0 aromatic heterocycles. The van der Waals surface area contributed by atoms with Crippen LogP contribution < -0.4 is 14.4 Å². The van der Waals surface area contributed by atoms with Crippen molar-refractivity contribution in [2.75, 3.05) is 16.7 Å². The van der Waals surface area contributed by atoms with Crippen LogP contribution in [-0.4, -0.2) is 27.3 Å². The number of benzene rings is 2. The van der Waals surface area contributed by atoms with Crippen LogP contribution in [0.1, 0.15) is 24.0 Å². The SMILES string of the molecule is COc1ccc(N2C(=O)CCC2=O)cc1S(=O)(=O)Nc1cc(C)ccc1C. The van der Waals surface area contributed by atoms with Crippen molar-refractivity contribution >= 4 is 33.2 Å². The molecule has 1 saturated heterocycles. The van der Waals surface area contributed by atoms with Gasteiger partial charge in [0.2, 0.25) is 11.8 Å². The molecule has 0 saturated carbocycles. The molecule has 0 unspecified atom stereocenters. The summed E-state index contributed by atoms with van der Waals surface area (Å²) in [7, 11) is -2.65. The van der Waals surface area contributed by atoms with Crippen molar-refractivity contribution in [2.24, 2.45) is 0 Å². The second-order valence-electron chi connectivity index (χ2n) is 6.38. The molecule has 0 bridgehead atoms. The number of carbonyl (C=O) groups excluding carboxylic acids is 2. The molecule has 2 aromatic rings. The van der Waals surface area contributed by atoms with Gasteiger partial charge in [-0.3, -0.25) is 19.2 Å². The molecule has 1 aliphatic rings. The lowest BCUT2D eigenvalue weighted by Crippen LogP contribution is -2.28. The zero-order chi connectivity index (χ0) is 19.8. The van der Waals surface area contributed by atoms with Gasteiger partial charge in [-0.2, -0.15) is 0 Å². The molecule has 0 atom stereocenters. The van der Waals surface area contributed by atoms with E-state index in [4.69, 9.17) is 4.74 Å². The third kappa shape index (κ3) is 3.66. The van der Waals surface area contributed by atoms with E-state index in [-0.39, 0.29) is 41.0 Å². The van der Waals surface area contributed by atoms with Gasteiger partial charge in [0.25, 0.3) is 10.0 Å². The Morgan fingerprint density at radius 2 is 1.67 bits per heavy atom. The predicted octanol–water partition coefficient (Wildman–Crippen LogP) is 2.77. The number of imide groups is 1. The summed E-state index contributed by atoms with van der Waals surface area (Å²) in [5, 5.41) is 0. The first kappa shape index (κ1) is 18.9. The number of methoxy groups -OCH3 is 1. The summed E-state index contributed by atoms with van der Waals surface area (Å²) in [6.45, 7) is 3.66. The summed E-state index contributed by atoms with van der Waals surface area (Å²) < 4.78 is 33.7. The molecule has 1 heterocycles. The number of anilines is 2. The standard InChI is InChI=1S/C19H20N2O5S/c1-12-4-5-13(2)15(10-12)20-27(24,25)17-11-14(6-7-16(17)26-3)21-18(22)8-9-19(21)23/h4-7,10-11,20H,8-9H2,1-3H3. The lowest BCUT2D eigenvalue weighted by atomic mass is 10.1. The fourth-order valence-corrected chi connectivity index (χ4v) is 4.24. The van der Waals surface area contributed by atoms with E-state index in [0.717, 1.165) is 16.0 Å². The van der Waals surface area contributed by atoms with Crippen LogP contribution >= 0.6 is 0 Å². The third-order valence-corrected chi connectivity index (χ3v) is 5.77. The Morgan fingerprint density at radius 3 is 2.30 bits per heavy atom. The van der Waals surface area contributed by atoms with Gasteiger partial charge in [0, 0.05) is 12.8 Å². The maximum absolute atomic E-state index is 13.0. The first-order chi connectivity index (χ1) is 12.7. The van der Waals surface area contributed by atoms with Crippen LogP contribution in [0.5, 0.6) is 5.75 Å². The average molecular weight is 388 g/mol. The Morgan fingerprint density at radius 1 is 1.00 bits per heavy atom. The normalized spacial score (nSPS) is 14.6. The molecule has 1 N–H and O–H groups in total. The molecule has 2 amide bonds. The van der Waals surface area contributed by atoms with Crippen LogP contribution in [0.3, 0.4) is 0 Å². The number of nitrogens with zero attached hydrogens (tertiary/aromatic N) is 1. The Balaban J connectivity index is 2.05. The number of hydrogen-bond donors (Lipinski definition) is 1. The molecule has 27 heavy (non-hydrogen) atoms. The number of rotatable bonds is 5. The minimum atomic E-state index is -4.01. The van der Waals surface area contributed by atoms with Crippen LogP contribution in [0, 0.1) is 13.8 Å². The summed E-state index contributed by atoms with van der Waals surface area (Å²) >= 11 is 0. The second-order valence-corrected chi connectivity index (χ2v) is 8.03. The van der Waals surface area contributed by atoms with Crippen LogP contribution in [-0.2, 0) is 19.6 Å². The zero-order valence-electron chi connectivity index (χ0n) is 15.3. The quantitative estimate of drug-likeness (QED) is 0.795. The van der Waals surface area contributed by atoms with E-state index in [1.807, 2.05) is 19.1 Å². The summed E-state index contributed by atoms with van der Waals surface area (Å²) in [5.41, 5.74) is 2.34. The number of hydrogen-bond acceptors (Lipinski definition) is 5. The van der Waals surface area contributed by atoms with Gasteiger partial charge in [-0.15, -0.1) is 0 Å². The van der Waals surface area contributed by atoms with E-state index >= 15 is 0 Å². The molecule has 2 aromatic carbocycles. The number of ether oxygens (including phenoxy) is 1. The topological polar surface area (TPSA) is 92.8 Å². The maximum Gasteiger partial charge on any atom is 0.265 e. The highest BCUT2D eigenvalue weighted by atomic mass is 32.2.